The second kappa shape index (κ2) is 3.74. The van der Waals surface area contributed by atoms with Crippen molar-refractivity contribution < 1.29 is 18.0 Å². The summed E-state index contributed by atoms with van der Waals surface area (Å²) in [6, 6.07) is 0.629. The molecule has 0 spiro atoms. The van der Waals surface area contributed by atoms with Gasteiger partial charge in [-0.2, -0.15) is 0 Å². The zero-order chi connectivity index (χ0) is 10.0. The molecule has 0 N–H and O–H groups in total. The molecule has 0 fully saturated rings. The Hall–Kier alpha value is -1.10. The Morgan fingerprint density at radius 1 is 1.54 bits per heavy atom. The monoisotopic (exact) mass is 209 g/mol. The molecule has 0 aromatic carbocycles. The highest BCUT2D eigenvalue weighted by molar-refractivity contribution is 6.67. The van der Waals surface area contributed by atoms with Crippen molar-refractivity contribution in [2.45, 2.75) is 6.43 Å². The van der Waals surface area contributed by atoms with Crippen LogP contribution in [0.4, 0.5) is 13.2 Å². The largest absolute Gasteiger partial charge is 0.283 e. The maximum atomic E-state index is 12.7. The van der Waals surface area contributed by atoms with Crippen LogP contribution in [-0.2, 0) is 0 Å². The molecule has 0 aliphatic carbocycles. The van der Waals surface area contributed by atoms with Crippen molar-refractivity contribution in [1.29, 1.82) is 0 Å². The summed E-state index contributed by atoms with van der Waals surface area (Å²) >= 11 is 4.97. The van der Waals surface area contributed by atoms with Gasteiger partial charge >= 0.3 is 0 Å². The molecule has 2 nitrogen and oxygen atoms in total. The maximum absolute atomic E-state index is 12.7. The smallest absolute Gasteiger partial charge is 0.276 e. The number of alkyl halides is 2. The van der Waals surface area contributed by atoms with Gasteiger partial charge in [-0.25, -0.2) is 13.2 Å². The van der Waals surface area contributed by atoms with Crippen LogP contribution in [0, 0.1) is 5.82 Å². The van der Waals surface area contributed by atoms with Crippen LogP contribution in [0.25, 0.3) is 0 Å². The van der Waals surface area contributed by atoms with Crippen LogP contribution >= 0.6 is 11.6 Å². The van der Waals surface area contributed by atoms with Gasteiger partial charge in [0.15, 0.2) is 5.82 Å². The van der Waals surface area contributed by atoms with E-state index in [9.17, 15) is 18.0 Å². The normalized spacial score (nSPS) is 10.5. The summed E-state index contributed by atoms with van der Waals surface area (Å²) in [4.78, 5) is 13.5. The number of aromatic nitrogens is 1. The molecule has 0 radical (unpaired) electrons. The van der Waals surface area contributed by atoms with Crippen LogP contribution < -0.4 is 0 Å². The number of carbonyl (C=O) groups is 1. The van der Waals surface area contributed by atoms with Gasteiger partial charge in [-0.1, -0.05) is 0 Å². The third kappa shape index (κ3) is 2.18. The molecule has 0 aliphatic heterocycles. The Balaban J connectivity index is 3.13. The zero-order valence-corrected chi connectivity index (χ0v) is 6.86. The minimum absolute atomic E-state index is 0.247. The average Bonchev–Trinajstić information content (AvgIpc) is 2.03. The van der Waals surface area contributed by atoms with E-state index in [2.05, 4.69) is 4.98 Å². The van der Waals surface area contributed by atoms with E-state index in [1.165, 1.54) is 0 Å². The molecular formula is C7H3ClF3NO. The van der Waals surface area contributed by atoms with E-state index in [1.807, 2.05) is 0 Å². The molecule has 0 saturated heterocycles. The van der Waals surface area contributed by atoms with Crippen molar-refractivity contribution in [1.82, 2.24) is 4.98 Å². The van der Waals surface area contributed by atoms with Crippen molar-refractivity contribution >= 4 is 16.8 Å². The lowest BCUT2D eigenvalue weighted by atomic mass is 10.2. The SMILES string of the molecule is O=C(Cl)c1cnc(C(F)F)c(F)c1. The molecule has 1 heterocycles. The molecule has 1 aromatic heterocycles. The number of hydrogen-bond donors (Lipinski definition) is 0. The Labute approximate surface area is 76.3 Å². The lowest BCUT2D eigenvalue weighted by Crippen LogP contribution is -1.99. The number of hydrogen-bond acceptors (Lipinski definition) is 2. The second-order valence-electron chi connectivity index (χ2n) is 2.17. The predicted octanol–water partition coefficient (Wildman–Crippen LogP) is 2.54. The lowest BCUT2D eigenvalue weighted by molar-refractivity contribution is 0.107. The summed E-state index contributed by atoms with van der Waals surface area (Å²) in [5.41, 5.74) is -1.23. The van der Waals surface area contributed by atoms with Gasteiger partial charge in [0.25, 0.3) is 11.7 Å². The number of rotatable bonds is 2. The van der Waals surface area contributed by atoms with E-state index in [4.69, 9.17) is 11.6 Å². The maximum Gasteiger partial charge on any atom is 0.283 e. The van der Waals surface area contributed by atoms with Gasteiger partial charge in [0.1, 0.15) is 5.69 Å². The molecule has 6 heteroatoms. The summed E-state index contributed by atoms with van der Waals surface area (Å²) in [6.45, 7) is 0. The Morgan fingerprint density at radius 2 is 2.15 bits per heavy atom. The molecule has 1 aromatic rings. The summed E-state index contributed by atoms with van der Waals surface area (Å²) in [5.74, 6) is -1.23. The van der Waals surface area contributed by atoms with Gasteiger partial charge in [-0.3, -0.25) is 9.78 Å². The first kappa shape index (κ1) is 9.98. The molecule has 1 rings (SSSR count). The molecule has 13 heavy (non-hydrogen) atoms. The van der Waals surface area contributed by atoms with E-state index in [0.717, 1.165) is 6.20 Å². The standard InChI is InChI=1S/C7H3ClF3NO/c8-6(13)3-1-4(9)5(7(10)11)12-2-3/h1-2,7H. The first-order valence-electron chi connectivity index (χ1n) is 3.16. The summed E-state index contributed by atoms with van der Waals surface area (Å²) in [5, 5.41) is -0.938. The predicted molar refractivity (Wildman–Crippen MR) is 39.3 cm³/mol. The van der Waals surface area contributed by atoms with Crippen molar-refractivity contribution in [2.24, 2.45) is 0 Å². The number of nitrogens with zero attached hydrogens (tertiary/aromatic N) is 1. The van der Waals surface area contributed by atoms with Gasteiger partial charge in [-0.05, 0) is 17.7 Å². The molecule has 0 bridgehead atoms. The van der Waals surface area contributed by atoms with Crippen molar-refractivity contribution in [3.05, 3.63) is 29.3 Å². The minimum atomic E-state index is -3.00. The third-order valence-corrected chi connectivity index (χ3v) is 1.52. The molecule has 0 saturated carbocycles. The van der Waals surface area contributed by atoms with Crippen LogP contribution in [0.3, 0.4) is 0 Å². The van der Waals surface area contributed by atoms with Gasteiger partial charge in [0.05, 0.1) is 5.56 Å². The minimum Gasteiger partial charge on any atom is -0.276 e. The van der Waals surface area contributed by atoms with E-state index >= 15 is 0 Å². The molecular weight excluding hydrogens is 207 g/mol. The molecule has 0 aliphatic rings. The average molecular weight is 210 g/mol. The van der Waals surface area contributed by atoms with Crippen LogP contribution in [-0.4, -0.2) is 10.2 Å². The molecule has 0 amide bonds. The zero-order valence-electron chi connectivity index (χ0n) is 6.10. The number of halogens is 4. The fraction of sp³-hybridized carbons (Fsp3) is 0.143. The first-order chi connectivity index (χ1) is 6.02. The van der Waals surface area contributed by atoms with E-state index in [1.54, 1.807) is 0 Å². The van der Waals surface area contributed by atoms with E-state index < -0.39 is 23.2 Å². The fourth-order valence-corrected chi connectivity index (χ4v) is 0.820. The number of carbonyl (C=O) groups excluding carboxylic acids is 1. The summed E-state index contributed by atoms with van der Waals surface area (Å²) in [7, 11) is 0. The first-order valence-corrected chi connectivity index (χ1v) is 3.53. The Morgan fingerprint density at radius 3 is 2.54 bits per heavy atom. The highest BCUT2D eigenvalue weighted by atomic mass is 35.5. The highest BCUT2D eigenvalue weighted by Gasteiger charge is 2.16. The van der Waals surface area contributed by atoms with E-state index in [-0.39, 0.29) is 5.56 Å². The molecule has 0 unspecified atom stereocenters. The molecule has 70 valence electrons. The number of pyridine rings is 1. The quantitative estimate of drug-likeness (QED) is 0.701. The molecule has 0 atom stereocenters. The fourth-order valence-electron chi connectivity index (χ4n) is 0.717. The van der Waals surface area contributed by atoms with Crippen molar-refractivity contribution in [3.63, 3.8) is 0 Å². The third-order valence-electron chi connectivity index (χ3n) is 1.30. The van der Waals surface area contributed by atoms with Gasteiger partial charge < -0.3 is 0 Å². The highest BCUT2D eigenvalue weighted by Crippen LogP contribution is 2.20. The van der Waals surface area contributed by atoms with E-state index in [0.29, 0.717) is 6.07 Å². The summed E-state index contributed by atoms with van der Waals surface area (Å²) < 4.78 is 36.6. The van der Waals surface area contributed by atoms with Gasteiger partial charge in [0.2, 0.25) is 0 Å². The van der Waals surface area contributed by atoms with Crippen molar-refractivity contribution in [2.75, 3.05) is 0 Å². The second-order valence-corrected chi connectivity index (χ2v) is 2.51. The van der Waals surface area contributed by atoms with Crippen LogP contribution in [0.2, 0.25) is 0 Å². The van der Waals surface area contributed by atoms with Gasteiger partial charge in [-0.15, -0.1) is 0 Å². The Kier molecular flexibility index (Phi) is 2.87. The summed E-state index contributed by atoms with van der Waals surface area (Å²) in [6.07, 6.45) is -2.20. The van der Waals surface area contributed by atoms with Crippen molar-refractivity contribution in [3.8, 4) is 0 Å². The van der Waals surface area contributed by atoms with Crippen LogP contribution in [0.1, 0.15) is 22.5 Å². The van der Waals surface area contributed by atoms with Gasteiger partial charge in [0, 0.05) is 6.20 Å². The topological polar surface area (TPSA) is 30.0 Å². The van der Waals surface area contributed by atoms with Crippen LogP contribution in [0.5, 0.6) is 0 Å². The lowest BCUT2D eigenvalue weighted by Gasteiger charge is -2.00. The Bertz CT molecular complexity index is 343. The van der Waals surface area contributed by atoms with Crippen LogP contribution in [0.15, 0.2) is 12.3 Å².